The van der Waals surface area contributed by atoms with Crippen LogP contribution < -0.4 is 5.73 Å². The fourth-order valence-electron chi connectivity index (χ4n) is 0.853. The molecule has 0 fully saturated rings. The first-order valence-electron chi connectivity index (χ1n) is 4.00. The molecular weight excluding hydrogens is 178 g/mol. The molecule has 0 aromatic heterocycles. The molecule has 0 unspecified atom stereocenters. The average Bonchev–Trinajstić information content (AvgIpc) is 1.86. The van der Waals surface area contributed by atoms with Crippen LogP contribution in [0.1, 0.15) is 27.2 Å². The zero-order valence-electron chi connectivity index (χ0n) is 7.87. The molecule has 0 aliphatic heterocycles. The molecule has 0 aromatic carbocycles. The molecule has 0 bridgehead atoms. The van der Waals surface area contributed by atoms with E-state index in [1.165, 1.54) is 0 Å². The number of nitrogens with two attached hydrogens (primary N) is 1. The van der Waals surface area contributed by atoms with Crippen molar-refractivity contribution in [1.29, 1.82) is 0 Å². The summed E-state index contributed by atoms with van der Waals surface area (Å²) < 4.78 is 4.74. The summed E-state index contributed by atoms with van der Waals surface area (Å²) in [5.41, 5.74) is 5.53. The predicted octanol–water partition coefficient (Wildman–Crippen LogP) is 1.34. The van der Waals surface area contributed by atoms with Crippen LogP contribution in [0, 0.1) is 5.92 Å². The number of ether oxygens (including phenoxy) is 1. The summed E-state index contributed by atoms with van der Waals surface area (Å²) in [6.45, 7) is 6.24. The summed E-state index contributed by atoms with van der Waals surface area (Å²) in [4.78, 5) is 10.9. The molecule has 0 radical (unpaired) electrons. The Bertz CT molecular complexity index is 128. The predicted molar refractivity (Wildman–Crippen MR) is 51.3 cm³/mol. The molecule has 0 aliphatic carbocycles. The number of halogens is 1. The molecular formula is C8H18ClNO2. The molecule has 0 amide bonds. The topological polar surface area (TPSA) is 52.3 Å². The Morgan fingerprint density at radius 1 is 1.50 bits per heavy atom. The third-order valence-corrected chi connectivity index (χ3v) is 1.31. The highest BCUT2D eigenvalue weighted by Gasteiger charge is 2.15. The van der Waals surface area contributed by atoms with Gasteiger partial charge in [-0.1, -0.05) is 13.8 Å². The quantitative estimate of drug-likeness (QED) is 0.689. The molecule has 12 heavy (non-hydrogen) atoms. The molecule has 74 valence electrons. The number of esters is 1. The van der Waals surface area contributed by atoms with Crippen molar-refractivity contribution in [2.24, 2.45) is 11.7 Å². The largest absolute Gasteiger partial charge is 0.465 e. The van der Waals surface area contributed by atoms with Gasteiger partial charge in [-0.25, -0.2) is 0 Å². The van der Waals surface area contributed by atoms with Gasteiger partial charge in [0.25, 0.3) is 0 Å². The Kier molecular flexibility index (Phi) is 8.76. The fraction of sp³-hybridized carbons (Fsp3) is 0.875. The average molecular weight is 196 g/mol. The van der Waals surface area contributed by atoms with E-state index in [-0.39, 0.29) is 18.4 Å². The summed E-state index contributed by atoms with van der Waals surface area (Å²) in [6, 6.07) is -0.449. The van der Waals surface area contributed by atoms with Crippen LogP contribution in [0.25, 0.3) is 0 Å². The van der Waals surface area contributed by atoms with E-state index >= 15 is 0 Å². The first-order valence-corrected chi connectivity index (χ1v) is 4.00. The molecule has 0 aliphatic rings. The summed E-state index contributed by atoms with van der Waals surface area (Å²) in [7, 11) is 0. The lowest BCUT2D eigenvalue weighted by atomic mass is 10.1. The molecule has 4 heteroatoms. The highest BCUT2D eigenvalue weighted by molar-refractivity contribution is 5.85. The molecule has 1 atom stereocenters. The van der Waals surface area contributed by atoms with E-state index in [4.69, 9.17) is 10.5 Å². The van der Waals surface area contributed by atoms with E-state index in [9.17, 15) is 4.79 Å². The first kappa shape index (κ1) is 14.3. The second kappa shape index (κ2) is 7.37. The zero-order chi connectivity index (χ0) is 8.85. The molecule has 3 nitrogen and oxygen atoms in total. The van der Waals surface area contributed by atoms with Crippen LogP contribution in [0.4, 0.5) is 0 Å². The van der Waals surface area contributed by atoms with Gasteiger partial charge in [-0.05, 0) is 19.3 Å². The number of hydrogen-bond acceptors (Lipinski definition) is 3. The molecule has 0 saturated carbocycles. The number of carbonyl (C=O) groups excluding carboxylic acids is 1. The summed E-state index contributed by atoms with van der Waals surface area (Å²) in [6.07, 6.45) is 0.693. The molecule has 0 rings (SSSR count). The normalized spacial score (nSPS) is 12.1. The van der Waals surface area contributed by atoms with Gasteiger partial charge in [-0.15, -0.1) is 12.4 Å². The maximum absolute atomic E-state index is 10.9. The lowest BCUT2D eigenvalue weighted by molar-refractivity contribution is -0.145. The Morgan fingerprint density at radius 2 is 2.00 bits per heavy atom. The maximum atomic E-state index is 10.9. The van der Waals surface area contributed by atoms with Crippen LogP contribution >= 0.6 is 12.4 Å². The van der Waals surface area contributed by atoms with Gasteiger partial charge < -0.3 is 10.5 Å². The van der Waals surface area contributed by atoms with Crippen LogP contribution in [0.3, 0.4) is 0 Å². The van der Waals surface area contributed by atoms with E-state index in [0.29, 0.717) is 18.9 Å². The van der Waals surface area contributed by atoms with Gasteiger partial charge >= 0.3 is 5.97 Å². The van der Waals surface area contributed by atoms with Gasteiger partial charge in [-0.2, -0.15) is 0 Å². The first-order chi connectivity index (χ1) is 5.07. The SMILES string of the molecule is CCOC(=O)[C@@H](N)CC(C)C.Cl. The fourth-order valence-corrected chi connectivity index (χ4v) is 0.853. The van der Waals surface area contributed by atoms with Crippen LogP contribution in [0.2, 0.25) is 0 Å². The summed E-state index contributed by atoms with van der Waals surface area (Å²) in [5.74, 6) is 0.149. The van der Waals surface area contributed by atoms with Crippen LogP contribution in [0.15, 0.2) is 0 Å². The number of hydrogen-bond donors (Lipinski definition) is 1. The van der Waals surface area contributed by atoms with Gasteiger partial charge in [-0.3, -0.25) is 4.79 Å². The number of rotatable bonds is 4. The lowest BCUT2D eigenvalue weighted by Crippen LogP contribution is -2.33. The van der Waals surface area contributed by atoms with Gasteiger partial charge in [0.05, 0.1) is 6.61 Å². The van der Waals surface area contributed by atoms with E-state index < -0.39 is 6.04 Å². The van der Waals surface area contributed by atoms with E-state index in [1.807, 2.05) is 13.8 Å². The maximum Gasteiger partial charge on any atom is 0.322 e. The van der Waals surface area contributed by atoms with Crippen molar-refractivity contribution >= 4 is 18.4 Å². The smallest absolute Gasteiger partial charge is 0.322 e. The summed E-state index contributed by atoms with van der Waals surface area (Å²) >= 11 is 0. The second-order valence-corrected chi connectivity index (χ2v) is 2.99. The second-order valence-electron chi connectivity index (χ2n) is 2.99. The van der Waals surface area contributed by atoms with Crippen LogP contribution in [0.5, 0.6) is 0 Å². The Labute approximate surface area is 80.1 Å². The molecule has 2 N–H and O–H groups in total. The Hall–Kier alpha value is -0.280. The Balaban J connectivity index is 0. The third-order valence-electron chi connectivity index (χ3n) is 1.31. The highest BCUT2D eigenvalue weighted by atomic mass is 35.5. The summed E-state index contributed by atoms with van der Waals surface area (Å²) in [5, 5.41) is 0. The van der Waals surface area contributed by atoms with E-state index in [2.05, 4.69) is 0 Å². The van der Waals surface area contributed by atoms with Crippen molar-refractivity contribution in [3.05, 3.63) is 0 Å². The molecule has 0 spiro atoms. The minimum absolute atomic E-state index is 0. The molecule has 0 saturated heterocycles. The Morgan fingerprint density at radius 3 is 2.33 bits per heavy atom. The van der Waals surface area contributed by atoms with Gasteiger partial charge in [0.2, 0.25) is 0 Å². The highest BCUT2D eigenvalue weighted by Crippen LogP contribution is 2.03. The third kappa shape index (κ3) is 6.43. The minimum Gasteiger partial charge on any atom is -0.465 e. The van der Waals surface area contributed by atoms with Crippen LogP contribution in [-0.2, 0) is 9.53 Å². The van der Waals surface area contributed by atoms with Crippen molar-refractivity contribution in [3.63, 3.8) is 0 Å². The van der Waals surface area contributed by atoms with Gasteiger partial charge in [0.1, 0.15) is 6.04 Å². The van der Waals surface area contributed by atoms with E-state index in [1.54, 1.807) is 6.92 Å². The number of carbonyl (C=O) groups is 1. The molecule has 0 aromatic rings. The lowest BCUT2D eigenvalue weighted by Gasteiger charge is -2.11. The van der Waals surface area contributed by atoms with E-state index in [0.717, 1.165) is 0 Å². The monoisotopic (exact) mass is 195 g/mol. The van der Waals surface area contributed by atoms with Gasteiger partial charge in [0.15, 0.2) is 0 Å². The van der Waals surface area contributed by atoms with Crippen molar-refractivity contribution in [1.82, 2.24) is 0 Å². The van der Waals surface area contributed by atoms with Crippen molar-refractivity contribution in [2.75, 3.05) is 6.61 Å². The van der Waals surface area contributed by atoms with Crippen LogP contribution in [-0.4, -0.2) is 18.6 Å². The standard InChI is InChI=1S/C8H17NO2.ClH/c1-4-11-8(10)7(9)5-6(2)3;/h6-7H,4-5,9H2,1-3H3;1H/t7-;/m0./s1. The zero-order valence-corrected chi connectivity index (χ0v) is 8.69. The molecule has 0 heterocycles. The van der Waals surface area contributed by atoms with Crippen molar-refractivity contribution < 1.29 is 9.53 Å². The van der Waals surface area contributed by atoms with Crippen molar-refractivity contribution in [3.8, 4) is 0 Å². The minimum atomic E-state index is -0.449. The van der Waals surface area contributed by atoms with Gasteiger partial charge in [0, 0.05) is 0 Å². The van der Waals surface area contributed by atoms with Crippen molar-refractivity contribution in [2.45, 2.75) is 33.2 Å².